The first-order valence-corrected chi connectivity index (χ1v) is 8.54. The van der Waals surface area contributed by atoms with Gasteiger partial charge in [0.1, 0.15) is 0 Å². The topological polar surface area (TPSA) is 82.1 Å². The Labute approximate surface area is 153 Å². The summed E-state index contributed by atoms with van der Waals surface area (Å²) in [5, 5.41) is 0. The zero-order valence-corrected chi connectivity index (χ0v) is 15.7. The Hall–Kier alpha value is -2.57. The number of esters is 1. The molecule has 142 valence electrons. The fourth-order valence-corrected chi connectivity index (χ4v) is 2.44. The van der Waals surface area contributed by atoms with Crippen molar-refractivity contribution in [3.8, 4) is 11.5 Å². The van der Waals surface area contributed by atoms with Crippen LogP contribution < -0.4 is 9.47 Å². The molecule has 1 heterocycles. The molecule has 1 aromatic carbocycles. The lowest BCUT2D eigenvalue weighted by atomic mass is 9.89. The molecule has 0 unspecified atom stereocenters. The molecule has 0 saturated heterocycles. The number of fused-ring (bicyclic) bond motifs is 1. The number of Topliss-reactive ketones (excluding diaryl/α,β-unsaturated/α-hetero) is 1. The van der Waals surface area contributed by atoms with E-state index >= 15 is 0 Å². The summed E-state index contributed by atoms with van der Waals surface area (Å²) in [6.07, 6.45) is 0.475. The predicted octanol–water partition coefficient (Wildman–Crippen LogP) is 2.43. The molecule has 0 aliphatic carbocycles. The van der Waals surface area contributed by atoms with Crippen LogP contribution in [-0.4, -0.2) is 49.6 Å². The van der Waals surface area contributed by atoms with Crippen LogP contribution in [0.2, 0.25) is 0 Å². The van der Waals surface area contributed by atoms with Crippen molar-refractivity contribution in [2.45, 2.75) is 33.6 Å². The molecule has 1 aliphatic heterocycles. The molecule has 0 saturated carbocycles. The number of carbonyl (C=O) groups is 3. The van der Waals surface area contributed by atoms with Gasteiger partial charge >= 0.3 is 5.97 Å². The number of hydrogen-bond acceptors (Lipinski definition) is 6. The van der Waals surface area contributed by atoms with Gasteiger partial charge in [-0.1, -0.05) is 20.8 Å². The van der Waals surface area contributed by atoms with E-state index in [2.05, 4.69) is 0 Å². The van der Waals surface area contributed by atoms with Crippen molar-refractivity contribution in [3.05, 3.63) is 23.8 Å². The molecule has 0 radical (unpaired) electrons. The van der Waals surface area contributed by atoms with E-state index in [0.29, 0.717) is 23.5 Å². The highest BCUT2D eigenvalue weighted by Crippen LogP contribution is 2.32. The SMILES string of the molecule is CCC(=O)OCC(C)(C)CC(=O)N(C)CC(=O)c1ccc2c(c1)OCO2. The van der Waals surface area contributed by atoms with Crippen LogP contribution in [0.3, 0.4) is 0 Å². The van der Waals surface area contributed by atoms with Gasteiger partial charge < -0.3 is 19.1 Å². The molecule has 1 amide bonds. The van der Waals surface area contributed by atoms with Gasteiger partial charge in [-0.25, -0.2) is 0 Å². The predicted molar refractivity (Wildman–Crippen MR) is 94.2 cm³/mol. The maximum absolute atomic E-state index is 12.4. The van der Waals surface area contributed by atoms with Gasteiger partial charge in [-0.3, -0.25) is 14.4 Å². The minimum atomic E-state index is -0.502. The molecule has 0 bridgehead atoms. The van der Waals surface area contributed by atoms with Gasteiger partial charge in [0.25, 0.3) is 0 Å². The van der Waals surface area contributed by atoms with Gasteiger partial charge in [-0.2, -0.15) is 0 Å². The lowest BCUT2D eigenvalue weighted by Gasteiger charge is -2.26. The minimum absolute atomic E-state index is 0.0384. The van der Waals surface area contributed by atoms with Crippen LogP contribution in [0.5, 0.6) is 11.5 Å². The molecule has 7 nitrogen and oxygen atoms in total. The van der Waals surface area contributed by atoms with E-state index < -0.39 is 5.41 Å². The molecule has 0 aromatic heterocycles. The highest BCUT2D eigenvalue weighted by Gasteiger charge is 2.27. The third-order valence-corrected chi connectivity index (χ3v) is 4.04. The molecular weight excluding hydrogens is 338 g/mol. The molecule has 7 heteroatoms. The van der Waals surface area contributed by atoms with Crippen LogP contribution in [0.25, 0.3) is 0 Å². The van der Waals surface area contributed by atoms with Crippen LogP contribution in [0.15, 0.2) is 18.2 Å². The molecule has 0 spiro atoms. The van der Waals surface area contributed by atoms with Gasteiger partial charge in [0.2, 0.25) is 12.7 Å². The lowest BCUT2D eigenvalue weighted by molar-refractivity contribution is -0.148. The van der Waals surface area contributed by atoms with Gasteiger partial charge in [0.05, 0.1) is 13.2 Å². The van der Waals surface area contributed by atoms with E-state index in [4.69, 9.17) is 14.2 Å². The monoisotopic (exact) mass is 363 g/mol. The summed E-state index contributed by atoms with van der Waals surface area (Å²) < 4.78 is 15.6. The maximum atomic E-state index is 12.4. The third kappa shape index (κ3) is 5.21. The van der Waals surface area contributed by atoms with Gasteiger partial charge in [0.15, 0.2) is 17.3 Å². The van der Waals surface area contributed by atoms with Crippen LogP contribution in [-0.2, 0) is 14.3 Å². The van der Waals surface area contributed by atoms with Crippen LogP contribution in [0.4, 0.5) is 0 Å². The van der Waals surface area contributed by atoms with Crippen molar-refractivity contribution in [1.29, 1.82) is 0 Å². The number of amides is 1. The number of hydrogen-bond donors (Lipinski definition) is 0. The van der Waals surface area contributed by atoms with E-state index in [1.165, 1.54) is 4.90 Å². The summed E-state index contributed by atoms with van der Waals surface area (Å²) in [6, 6.07) is 4.96. The second-order valence-electron chi connectivity index (χ2n) is 7.10. The fraction of sp³-hybridized carbons (Fsp3) is 0.526. The maximum Gasteiger partial charge on any atom is 0.305 e. The highest BCUT2D eigenvalue weighted by atomic mass is 16.7. The minimum Gasteiger partial charge on any atom is -0.465 e. The first-order valence-electron chi connectivity index (χ1n) is 8.54. The normalized spacial score (nSPS) is 12.6. The lowest BCUT2D eigenvalue weighted by Crippen LogP contribution is -2.36. The molecule has 0 fully saturated rings. The van der Waals surface area contributed by atoms with E-state index in [0.717, 1.165) is 0 Å². The van der Waals surface area contributed by atoms with Crippen molar-refractivity contribution in [2.24, 2.45) is 5.41 Å². The van der Waals surface area contributed by atoms with Crippen LogP contribution in [0, 0.1) is 5.41 Å². The van der Waals surface area contributed by atoms with E-state index in [1.807, 2.05) is 13.8 Å². The Bertz CT molecular complexity index is 697. The Morgan fingerprint density at radius 2 is 1.88 bits per heavy atom. The Balaban J connectivity index is 1.89. The van der Waals surface area contributed by atoms with Crippen molar-refractivity contribution < 1.29 is 28.6 Å². The molecule has 2 rings (SSSR count). The number of benzene rings is 1. The van der Waals surface area contributed by atoms with E-state index in [1.54, 1.807) is 32.2 Å². The van der Waals surface area contributed by atoms with Gasteiger partial charge in [0, 0.05) is 30.9 Å². The van der Waals surface area contributed by atoms with Gasteiger partial charge in [-0.05, 0) is 18.2 Å². The smallest absolute Gasteiger partial charge is 0.305 e. The Morgan fingerprint density at radius 1 is 1.19 bits per heavy atom. The molecule has 1 aliphatic rings. The largest absolute Gasteiger partial charge is 0.465 e. The first-order chi connectivity index (χ1) is 12.2. The number of rotatable bonds is 8. The average Bonchev–Trinajstić information content (AvgIpc) is 3.06. The summed E-state index contributed by atoms with van der Waals surface area (Å²) in [7, 11) is 1.58. The summed E-state index contributed by atoms with van der Waals surface area (Å²) >= 11 is 0. The van der Waals surface area contributed by atoms with Crippen LogP contribution >= 0.6 is 0 Å². The zero-order valence-electron chi connectivity index (χ0n) is 15.7. The summed E-state index contributed by atoms with van der Waals surface area (Å²) in [6.45, 7) is 5.68. The van der Waals surface area contributed by atoms with Crippen molar-refractivity contribution in [1.82, 2.24) is 4.90 Å². The Kier molecular flexibility index (Phi) is 6.23. The van der Waals surface area contributed by atoms with Crippen LogP contribution in [0.1, 0.15) is 44.0 Å². The summed E-state index contributed by atoms with van der Waals surface area (Å²) in [4.78, 5) is 37.5. The van der Waals surface area contributed by atoms with Crippen molar-refractivity contribution >= 4 is 17.7 Å². The molecule has 26 heavy (non-hydrogen) atoms. The van der Waals surface area contributed by atoms with Gasteiger partial charge in [-0.15, -0.1) is 0 Å². The highest BCUT2D eigenvalue weighted by molar-refractivity contribution is 5.99. The van der Waals surface area contributed by atoms with E-state index in [-0.39, 0.29) is 44.0 Å². The third-order valence-electron chi connectivity index (χ3n) is 4.04. The quantitative estimate of drug-likeness (QED) is 0.521. The first kappa shape index (κ1) is 19.8. The fourth-order valence-electron chi connectivity index (χ4n) is 2.44. The molecular formula is C19H25NO6. The zero-order chi connectivity index (χ0) is 19.3. The molecule has 0 atom stereocenters. The number of ether oxygens (including phenoxy) is 3. The number of likely N-dealkylation sites (N-methyl/N-ethyl adjacent to an activating group) is 1. The van der Waals surface area contributed by atoms with Crippen molar-refractivity contribution in [3.63, 3.8) is 0 Å². The number of carbonyl (C=O) groups excluding carboxylic acids is 3. The molecule has 0 N–H and O–H groups in total. The number of nitrogens with zero attached hydrogens (tertiary/aromatic N) is 1. The van der Waals surface area contributed by atoms with E-state index in [9.17, 15) is 14.4 Å². The summed E-state index contributed by atoms with van der Waals surface area (Å²) in [5.74, 6) is 0.473. The standard InChI is InChI=1S/C19H25NO6/c1-5-18(23)24-11-19(2,3)9-17(22)20(4)10-14(21)13-6-7-15-16(8-13)26-12-25-15/h6-8H,5,9-12H2,1-4H3. The number of ketones is 1. The Morgan fingerprint density at radius 3 is 2.58 bits per heavy atom. The van der Waals surface area contributed by atoms with Crippen molar-refractivity contribution in [2.75, 3.05) is 27.0 Å². The summed E-state index contributed by atoms with van der Waals surface area (Å²) in [5.41, 5.74) is -0.0390. The molecule has 1 aromatic rings. The second kappa shape index (κ2) is 8.21. The average molecular weight is 363 g/mol. The second-order valence-corrected chi connectivity index (χ2v) is 7.10.